The number of alkyl halides is 4. The van der Waals surface area contributed by atoms with Gasteiger partial charge in [-0.25, -0.2) is 0 Å². The topological polar surface area (TPSA) is 29.5 Å². The van der Waals surface area contributed by atoms with Gasteiger partial charge in [0.2, 0.25) is 0 Å². The Morgan fingerprint density at radius 1 is 1.29 bits per heavy atom. The second-order valence-corrected chi connectivity index (χ2v) is 5.10. The summed E-state index contributed by atoms with van der Waals surface area (Å²) in [4.78, 5) is 12.8. The van der Waals surface area contributed by atoms with Crippen molar-refractivity contribution in [3.05, 3.63) is 29.8 Å². The molecule has 3 nitrogen and oxygen atoms in total. The van der Waals surface area contributed by atoms with E-state index in [0.29, 0.717) is 10.6 Å². The molecule has 0 bridgehead atoms. The molecule has 1 rings (SSSR count). The molecule has 7 heteroatoms. The molecule has 0 saturated carbocycles. The maximum absolute atomic E-state index is 12.5. The smallest absolute Gasteiger partial charge is 0.406 e. The summed E-state index contributed by atoms with van der Waals surface area (Å²) in [7, 11) is 0. The van der Waals surface area contributed by atoms with Crippen molar-refractivity contribution in [3.63, 3.8) is 0 Å². The van der Waals surface area contributed by atoms with Crippen molar-refractivity contribution < 1.29 is 22.7 Å². The number of carbonyl (C=O) groups excluding carboxylic acids is 1. The molecule has 0 aromatic heterocycles. The normalized spacial score (nSPS) is 11.6. The summed E-state index contributed by atoms with van der Waals surface area (Å²) in [5.74, 6) is -0.207. The van der Waals surface area contributed by atoms with Gasteiger partial charge in [-0.2, -0.15) is 13.2 Å². The number of carbonyl (C=O) groups is 1. The Bertz CT molecular complexity index is 460. The molecule has 0 saturated heterocycles. The van der Waals surface area contributed by atoms with Gasteiger partial charge < -0.3 is 9.64 Å². The highest BCUT2D eigenvalue weighted by Gasteiger charge is 2.33. The van der Waals surface area contributed by atoms with Crippen LogP contribution in [0.15, 0.2) is 24.3 Å². The van der Waals surface area contributed by atoms with E-state index in [9.17, 15) is 18.0 Å². The molecule has 118 valence electrons. The zero-order chi connectivity index (χ0) is 16.0. The van der Waals surface area contributed by atoms with E-state index >= 15 is 0 Å². The van der Waals surface area contributed by atoms with Gasteiger partial charge in [0.15, 0.2) is 0 Å². The first-order valence-corrected chi connectivity index (χ1v) is 6.95. The molecule has 0 spiro atoms. The molecule has 0 atom stereocenters. The summed E-state index contributed by atoms with van der Waals surface area (Å²) >= 11 is 5.46. The van der Waals surface area contributed by atoms with Crippen LogP contribution in [-0.2, 0) is 0 Å². The van der Waals surface area contributed by atoms with Crippen molar-refractivity contribution in [3.8, 4) is 5.75 Å². The fraction of sp³-hybridized carbons (Fsp3) is 0.500. The molecule has 0 unspecified atom stereocenters. The summed E-state index contributed by atoms with van der Waals surface area (Å²) in [5.41, 5.74) is 0.167. The predicted octanol–water partition coefficient (Wildman–Crippen LogP) is 3.72. The van der Waals surface area contributed by atoms with E-state index in [-0.39, 0.29) is 24.1 Å². The third kappa shape index (κ3) is 6.25. The van der Waals surface area contributed by atoms with Gasteiger partial charge in [-0.05, 0) is 38.1 Å². The average molecular weight is 324 g/mol. The summed E-state index contributed by atoms with van der Waals surface area (Å²) in [6.07, 6.45) is -4.48. The van der Waals surface area contributed by atoms with Crippen molar-refractivity contribution in [2.75, 3.05) is 19.0 Å². The van der Waals surface area contributed by atoms with E-state index in [0.717, 1.165) is 0 Å². The molecule has 0 N–H and O–H groups in total. The molecule has 0 fully saturated rings. The molecule has 21 heavy (non-hydrogen) atoms. The molecule has 1 amide bonds. The molecular formula is C14H17ClF3NO2. The van der Waals surface area contributed by atoms with Gasteiger partial charge in [0.1, 0.15) is 12.3 Å². The highest BCUT2D eigenvalue weighted by atomic mass is 35.5. The van der Waals surface area contributed by atoms with Gasteiger partial charge in [0, 0.05) is 18.0 Å². The first-order valence-electron chi connectivity index (χ1n) is 6.41. The monoisotopic (exact) mass is 323 g/mol. The third-order valence-electron chi connectivity index (χ3n) is 2.48. The van der Waals surface area contributed by atoms with Gasteiger partial charge in [-0.1, -0.05) is 0 Å². The minimum Gasteiger partial charge on any atom is -0.491 e. The van der Waals surface area contributed by atoms with Crippen molar-refractivity contribution >= 4 is 17.5 Å². The molecule has 0 aliphatic carbocycles. The second kappa shape index (κ2) is 7.54. The van der Waals surface area contributed by atoms with Crippen molar-refractivity contribution in [2.45, 2.75) is 26.1 Å². The lowest BCUT2D eigenvalue weighted by Gasteiger charge is -2.23. The van der Waals surface area contributed by atoms with Gasteiger partial charge in [0.25, 0.3) is 5.91 Å². The van der Waals surface area contributed by atoms with Crippen LogP contribution in [0.25, 0.3) is 0 Å². The molecule has 0 aliphatic rings. The Morgan fingerprint density at radius 2 is 1.86 bits per heavy atom. The minimum absolute atomic E-state index is 0.0236. The van der Waals surface area contributed by atoms with Crippen LogP contribution in [0, 0.1) is 0 Å². The SMILES string of the molecule is CC(C)Oc1ccc(C(=O)N(CCCl)CC(F)(F)F)cc1. The molecule has 0 radical (unpaired) electrons. The lowest BCUT2D eigenvalue weighted by atomic mass is 10.2. The van der Waals surface area contributed by atoms with Crippen LogP contribution in [-0.4, -0.2) is 42.1 Å². The number of hydrogen-bond donors (Lipinski definition) is 0. The van der Waals surface area contributed by atoms with Crippen LogP contribution >= 0.6 is 11.6 Å². The number of ether oxygens (including phenoxy) is 1. The fourth-order valence-corrected chi connectivity index (χ4v) is 1.91. The number of hydrogen-bond acceptors (Lipinski definition) is 2. The van der Waals surface area contributed by atoms with E-state index in [4.69, 9.17) is 16.3 Å². The highest BCUT2D eigenvalue weighted by molar-refractivity contribution is 6.18. The van der Waals surface area contributed by atoms with Gasteiger partial charge >= 0.3 is 6.18 Å². The van der Waals surface area contributed by atoms with Crippen molar-refractivity contribution in [2.24, 2.45) is 0 Å². The summed E-state index contributed by atoms with van der Waals surface area (Å²) in [5, 5.41) is 0. The molecule has 1 aromatic rings. The van der Waals surface area contributed by atoms with E-state index in [2.05, 4.69) is 0 Å². The first-order chi connectivity index (χ1) is 9.73. The van der Waals surface area contributed by atoms with Crippen LogP contribution in [0.2, 0.25) is 0 Å². The number of rotatable bonds is 6. The van der Waals surface area contributed by atoms with Crippen LogP contribution < -0.4 is 4.74 Å². The van der Waals surface area contributed by atoms with E-state index < -0.39 is 18.6 Å². The minimum atomic E-state index is -4.46. The quantitative estimate of drug-likeness (QED) is 0.747. The molecule has 1 aromatic carbocycles. The largest absolute Gasteiger partial charge is 0.491 e. The molecule has 0 aliphatic heterocycles. The maximum atomic E-state index is 12.5. The zero-order valence-corrected chi connectivity index (χ0v) is 12.5. The summed E-state index contributed by atoms with van der Waals surface area (Å²) in [6.45, 7) is 2.22. The number of amides is 1. The van der Waals surface area contributed by atoms with E-state index in [1.54, 1.807) is 12.1 Å². The standard InChI is InChI=1S/C14H17ClF3NO2/c1-10(2)21-12-5-3-11(4-6-12)13(20)19(8-7-15)9-14(16,17)18/h3-6,10H,7-9H2,1-2H3. The molecular weight excluding hydrogens is 307 g/mol. The predicted molar refractivity (Wildman–Crippen MR) is 74.9 cm³/mol. The zero-order valence-electron chi connectivity index (χ0n) is 11.8. The van der Waals surface area contributed by atoms with Gasteiger partial charge in [-0.3, -0.25) is 4.79 Å². The van der Waals surface area contributed by atoms with E-state index in [1.165, 1.54) is 12.1 Å². The Balaban J connectivity index is 2.83. The molecule has 0 heterocycles. The van der Waals surface area contributed by atoms with Gasteiger partial charge in [-0.15, -0.1) is 11.6 Å². The lowest BCUT2D eigenvalue weighted by Crippen LogP contribution is -2.40. The highest BCUT2D eigenvalue weighted by Crippen LogP contribution is 2.20. The Kier molecular flexibility index (Phi) is 6.33. The third-order valence-corrected chi connectivity index (χ3v) is 2.65. The Hall–Kier alpha value is -1.43. The second-order valence-electron chi connectivity index (χ2n) is 4.72. The maximum Gasteiger partial charge on any atom is 0.406 e. The van der Waals surface area contributed by atoms with Gasteiger partial charge in [0.05, 0.1) is 6.10 Å². The van der Waals surface area contributed by atoms with E-state index in [1.807, 2.05) is 13.8 Å². The fourth-order valence-electron chi connectivity index (χ4n) is 1.70. The Labute approximate surface area is 126 Å². The number of nitrogens with zero attached hydrogens (tertiary/aromatic N) is 1. The van der Waals surface area contributed by atoms with Crippen molar-refractivity contribution in [1.82, 2.24) is 4.90 Å². The summed E-state index contributed by atoms with van der Waals surface area (Å²) in [6, 6.07) is 5.99. The van der Waals surface area contributed by atoms with Crippen LogP contribution in [0.3, 0.4) is 0 Å². The first kappa shape index (κ1) is 17.6. The average Bonchev–Trinajstić information content (AvgIpc) is 2.36. The number of halogens is 4. The lowest BCUT2D eigenvalue weighted by molar-refractivity contribution is -0.140. The Morgan fingerprint density at radius 3 is 2.29 bits per heavy atom. The van der Waals surface area contributed by atoms with Crippen LogP contribution in [0.1, 0.15) is 24.2 Å². The van der Waals surface area contributed by atoms with Crippen LogP contribution in [0.5, 0.6) is 5.75 Å². The number of benzene rings is 1. The van der Waals surface area contributed by atoms with Crippen molar-refractivity contribution in [1.29, 1.82) is 0 Å². The van der Waals surface area contributed by atoms with Crippen LogP contribution in [0.4, 0.5) is 13.2 Å². The summed E-state index contributed by atoms with van der Waals surface area (Å²) < 4.78 is 42.8.